The maximum Gasteiger partial charge on any atom is 0.323 e. The van der Waals surface area contributed by atoms with Crippen LogP contribution >= 0.6 is 11.6 Å². The number of aromatic amines is 1. The highest BCUT2D eigenvalue weighted by Gasteiger charge is 2.05. The highest BCUT2D eigenvalue weighted by molar-refractivity contribution is 6.30. The fourth-order valence-electron chi connectivity index (χ4n) is 2.25. The van der Waals surface area contributed by atoms with E-state index in [4.69, 9.17) is 11.6 Å². The molecule has 116 valence electrons. The molecule has 23 heavy (non-hydrogen) atoms. The van der Waals surface area contributed by atoms with E-state index in [0.717, 1.165) is 5.39 Å². The number of hydrogen-bond donors (Lipinski definition) is 3. The Balaban J connectivity index is 1.79. The van der Waals surface area contributed by atoms with Gasteiger partial charge < -0.3 is 15.6 Å². The minimum Gasteiger partial charge on any atom is -0.322 e. The van der Waals surface area contributed by atoms with Crippen molar-refractivity contribution in [3.05, 3.63) is 69.5 Å². The van der Waals surface area contributed by atoms with E-state index < -0.39 is 0 Å². The highest BCUT2D eigenvalue weighted by atomic mass is 35.5. The number of aryl methyl sites for hydroxylation is 1. The summed E-state index contributed by atoms with van der Waals surface area (Å²) in [6.07, 6.45) is 0. The lowest BCUT2D eigenvalue weighted by molar-refractivity contribution is 0.262. The summed E-state index contributed by atoms with van der Waals surface area (Å²) in [4.78, 5) is 26.5. The fraction of sp³-hybridized carbons (Fsp3) is 0.0588. The average Bonchev–Trinajstić information content (AvgIpc) is 2.48. The molecule has 0 spiro atoms. The monoisotopic (exact) mass is 327 g/mol. The van der Waals surface area contributed by atoms with Crippen LogP contribution in [0.2, 0.25) is 5.02 Å². The van der Waals surface area contributed by atoms with Gasteiger partial charge in [0.2, 0.25) is 0 Å². The summed E-state index contributed by atoms with van der Waals surface area (Å²) in [6, 6.07) is 13.6. The van der Waals surface area contributed by atoms with E-state index in [1.807, 2.05) is 12.1 Å². The predicted molar refractivity (Wildman–Crippen MR) is 93.4 cm³/mol. The number of anilines is 2. The minimum absolute atomic E-state index is 0.141. The molecule has 3 N–H and O–H groups in total. The molecular weight excluding hydrogens is 314 g/mol. The molecule has 0 radical (unpaired) electrons. The standard InChI is InChI=1S/C17H14ClN3O2/c1-10-7-11-5-6-14(9-15(11)21-16(10)22)20-17(23)19-13-4-2-3-12(18)8-13/h2-9H,1H3,(H,21,22)(H2,19,20,23). The van der Waals surface area contributed by atoms with Gasteiger partial charge in [-0.2, -0.15) is 0 Å². The van der Waals surface area contributed by atoms with Crippen LogP contribution < -0.4 is 16.2 Å². The van der Waals surface area contributed by atoms with E-state index in [9.17, 15) is 9.59 Å². The van der Waals surface area contributed by atoms with Crippen LogP contribution in [0, 0.1) is 6.92 Å². The topological polar surface area (TPSA) is 74.0 Å². The molecule has 0 atom stereocenters. The molecule has 0 saturated carbocycles. The van der Waals surface area contributed by atoms with Crippen LogP contribution in [0.3, 0.4) is 0 Å². The van der Waals surface area contributed by atoms with Crippen molar-refractivity contribution in [2.24, 2.45) is 0 Å². The molecule has 3 rings (SSSR count). The van der Waals surface area contributed by atoms with E-state index in [1.165, 1.54) is 0 Å². The van der Waals surface area contributed by atoms with Crippen LogP contribution in [0.5, 0.6) is 0 Å². The first-order valence-corrected chi connectivity index (χ1v) is 7.36. The third kappa shape index (κ3) is 3.52. The Bertz CT molecular complexity index is 950. The molecular formula is C17H14ClN3O2. The van der Waals surface area contributed by atoms with Gasteiger partial charge in [-0.05, 0) is 48.7 Å². The van der Waals surface area contributed by atoms with Crippen LogP contribution in [-0.2, 0) is 0 Å². The summed E-state index contributed by atoms with van der Waals surface area (Å²) >= 11 is 5.88. The van der Waals surface area contributed by atoms with E-state index >= 15 is 0 Å². The number of nitrogens with one attached hydrogen (secondary N) is 3. The minimum atomic E-state index is -0.388. The van der Waals surface area contributed by atoms with Gasteiger partial charge in [0.15, 0.2) is 0 Å². The number of H-pyrrole nitrogens is 1. The van der Waals surface area contributed by atoms with Crippen molar-refractivity contribution in [2.75, 3.05) is 10.6 Å². The Morgan fingerprint density at radius 1 is 1.04 bits per heavy atom. The summed E-state index contributed by atoms with van der Waals surface area (Å²) in [6.45, 7) is 1.75. The molecule has 0 aliphatic rings. The zero-order chi connectivity index (χ0) is 16.4. The average molecular weight is 328 g/mol. The number of aromatic nitrogens is 1. The first-order valence-electron chi connectivity index (χ1n) is 6.98. The second-order valence-electron chi connectivity index (χ2n) is 5.17. The Morgan fingerprint density at radius 3 is 2.52 bits per heavy atom. The quantitative estimate of drug-likeness (QED) is 0.662. The molecule has 0 saturated heterocycles. The van der Waals surface area contributed by atoms with E-state index in [-0.39, 0.29) is 11.6 Å². The van der Waals surface area contributed by atoms with Gasteiger partial charge >= 0.3 is 6.03 Å². The number of fused-ring (bicyclic) bond motifs is 1. The van der Waals surface area contributed by atoms with Gasteiger partial charge in [-0.3, -0.25) is 4.79 Å². The normalized spacial score (nSPS) is 10.5. The number of benzene rings is 2. The molecule has 5 nitrogen and oxygen atoms in total. The first kappa shape index (κ1) is 15.1. The first-order chi connectivity index (χ1) is 11.0. The number of amides is 2. The number of halogens is 1. The van der Waals surface area contributed by atoms with Crippen LogP contribution in [0.1, 0.15) is 5.56 Å². The van der Waals surface area contributed by atoms with Crippen LogP contribution in [0.15, 0.2) is 53.3 Å². The number of rotatable bonds is 2. The van der Waals surface area contributed by atoms with Crippen LogP contribution in [-0.4, -0.2) is 11.0 Å². The predicted octanol–water partition coefficient (Wildman–Crippen LogP) is 4.13. The van der Waals surface area contributed by atoms with Gasteiger partial charge in [0.25, 0.3) is 5.56 Å². The van der Waals surface area contributed by atoms with Gasteiger partial charge in [0.05, 0.1) is 5.52 Å². The second-order valence-corrected chi connectivity index (χ2v) is 5.61. The number of pyridine rings is 1. The number of urea groups is 1. The van der Waals surface area contributed by atoms with Gasteiger partial charge in [-0.25, -0.2) is 4.79 Å². The smallest absolute Gasteiger partial charge is 0.322 e. The third-order valence-electron chi connectivity index (χ3n) is 3.37. The summed E-state index contributed by atoms with van der Waals surface area (Å²) in [5, 5.41) is 6.86. The number of carbonyl (C=O) groups excluding carboxylic acids is 1. The molecule has 0 aliphatic carbocycles. The number of hydrogen-bond acceptors (Lipinski definition) is 2. The molecule has 3 aromatic rings. The number of carbonyl (C=O) groups is 1. The van der Waals surface area contributed by atoms with E-state index in [0.29, 0.717) is 27.5 Å². The van der Waals surface area contributed by atoms with E-state index in [1.54, 1.807) is 43.3 Å². The Kier molecular flexibility index (Phi) is 4.04. The summed E-state index contributed by atoms with van der Waals surface area (Å²) in [5.41, 5.74) is 2.35. The Morgan fingerprint density at radius 2 is 1.78 bits per heavy atom. The van der Waals surface area contributed by atoms with Crippen molar-refractivity contribution < 1.29 is 4.79 Å². The zero-order valence-corrected chi connectivity index (χ0v) is 13.1. The fourth-order valence-corrected chi connectivity index (χ4v) is 2.44. The van der Waals surface area contributed by atoms with Gasteiger partial charge in [0.1, 0.15) is 0 Å². The van der Waals surface area contributed by atoms with Crippen molar-refractivity contribution in [1.82, 2.24) is 4.98 Å². The summed E-state index contributed by atoms with van der Waals surface area (Å²) in [5.74, 6) is 0. The summed E-state index contributed by atoms with van der Waals surface area (Å²) < 4.78 is 0. The van der Waals surface area contributed by atoms with Gasteiger partial charge in [0, 0.05) is 22.0 Å². The lowest BCUT2D eigenvalue weighted by Gasteiger charge is -2.09. The molecule has 1 aromatic heterocycles. The van der Waals surface area contributed by atoms with Crippen molar-refractivity contribution in [3.8, 4) is 0 Å². The third-order valence-corrected chi connectivity index (χ3v) is 3.61. The van der Waals surface area contributed by atoms with Crippen LogP contribution in [0.4, 0.5) is 16.2 Å². The van der Waals surface area contributed by atoms with Crippen molar-refractivity contribution in [2.45, 2.75) is 6.92 Å². The molecule has 6 heteroatoms. The molecule has 0 bridgehead atoms. The highest BCUT2D eigenvalue weighted by Crippen LogP contribution is 2.18. The molecule has 0 fully saturated rings. The zero-order valence-electron chi connectivity index (χ0n) is 12.3. The largest absolute Gasteiger partial charge is 0.323 e. The molecule has 0 aliphatic heterocycles. The van der Waals surface area contributed by atoms with Crippen molar-refractivity contribution >= 4 is 39.9 Å². The molecule has 2 aromatic carbocycles. The second kappa shape index (κ2) is 6.14. The maximum atomic E-state index is 12.0. The van der Waals surface area contributed by atoms with Gasteiger partial charge in [-0.15, -0.1) is 0 Å². The lowest BCUT2D eigenvalue weighted by atomic mass is 10.1. The maximum absolute atomic E-state index is 12.0. The van der Waals surface area contributed by atoms with Gasteiger partial charge in [-0.1, -0.05) is 23.7 Å². The SMILES string of the molecule is Cc1cc2ccc(NC(=O)Nc3cccc(Cl)c3)cc2[nH]c1=O. The molecule has 0 unspecified atom stereocenters. The van der Waals surface area contributed by atoms with E-state index in [2.05, 4.69) is 15.6 Å². The molecule has 2 amide bonds. The lowest BCUT2D eigenvalue weighted by Crippen LogP contribution is -2.19. The van der Waals surface area contributed by atoms with Crippen molar-refractivity contribution in [3.63, 3.8) is 0 Å². The van der Waals surface area contributed by atoms with Crippen molar-refractivity contribution in [1.29, 1.82) is 0 Å². The Hall–Kier alpha value is -2.79. The molecule has 1 heterocycles. The van der Waals surface area contributed by atoms with Crippen LogP contribution in [0.25, 0.3) is 10.9 Å². The Labute approximate surface area is 137 Å². The summed E-state index contributed by atoms with van der Waals surface area (Å²) in [7, 11) is 0.